The van der Waals surface area contributed by atoms with Gasteiger partial charge in [0, 0.05) is 24.5 Å². The number of imidazole rings is 1. The lowest BCUT2D eigenvalue weighted by molar-refractivity contribution is 0.0721. The summed E-state index contributed by atoms with van der Waals surface area (Å²) in [7, 11) is 1.85. The summed E-state index contributed by atoms with van der Waals surface area (Å²) in [6.07, 6.45) is 1.81. The van der Waals surface area contributed by atoms with Gasteiger partial charge in [-0.1, -0.05) is 6.07 Å². The molecule has 1 saturated heterocycles. The first-order chi connectivity index (χ1) is 13.5. The molecule has 1 aliphatic rings. The Hall–Kier alpha value is -3.15. The number of amides is 1. The monoisotopic (exact) mass is 376 g/mol. The van der Waals surface area contributed by atoms with Crippen molar-refractivity contribution in [2.75, 3.05) is 6.54 Å². The summed E-state index contributed by atoms with van der Waals surface area (Å²) in [5.41, 5.74) is 4.50. The van der Waals surface area contributed by atoms with Gasteiger partial charge in [0.25, 0.3) is 5.91 Å². The molecule has 1 fully saturated rings. The Morgan fingerprint density at radius 2 is 2.07 bits per heavy atom. The maximum atomic E-state index is 13.6. The van der Waals surface area contributed by atoms with E-state index >= 15 is 0 Å². The number of hydrogen-bond acceptors (Lipinski definition) is 2. The van der Waals surface area contributed by atoms with Gasteiger partial charge < -0.3 is 14.5 Å². The molecule has 6 heteroatoms. The van der Waals surface area contributed by atoms with Crippen LogP contribution >= 0.6 is 0 Å². The van der Waals surface area contributed by atoms with Crippen molar-refractivity contribution < 1.29 is 9.18 Å². The summed E-state index contributed by atoms with van der Waals surface area (Å²) in [6.45, 7) is 2.74. The molecule has 0 unspecified atom stereocenters. The summed E-state index contributed by atoms with van der Waals surface area (Å²) in [6, 6.07) is 12.4. The van der Waals surface area contributed by atoms with Crippen molar-refractivity contribution in [3.63, 3.8) is 0 Å². The van der Waals surface area contributed by atoms with Crippen LogP contribution in [0.15, 0.2) is 42.5 Å². The molecule has 5 nitrogen and oxygen atoms in total. The summed E-state index contributed by atoms with van der Waals surface area (Å²) in [5, 5.41) is 0.737. The number of likely N-dealkylation sites (tertiary alicyclic amines) is 1. The van der Waals surface area contributed by atoms with Gasteiger partial charge in [-0.15, -0.1) is 0 Å². The summed E-state index contributed by atoms with van der Waals surface area (Å²) in [5.74, 6) is 0.489. The van der Waals surface area contributed by atoms with Crippen LogP contribution in [0.3, 0.4) is 0 Å². The zero-order valence-electron chi connectivity index (χ0n) is 15.9. The van der Waals surface area contributed by atoms with Gasteiger partial charge >= 0.3 is 0 Å². The molecule has 2 aromatic carbocycles. The average molecular weight is 376 g/mol. The Bertz CT molecular complexity index is 1220. The SMILES string of the molecule is Cc1ccc2nc([C@@H]3CCCN3C(=O)c3cc4cc(F)ccc4n3C)[nH]c2c1. The third-order valence-electron chi connectivity index (χ3n) is 5.71. The molecule has 142 valence electrons. The number of fused-ring (bicyclic) bond motifs is 2. The minimum atomic E-state index is -0.297. The first kappa shape index (κ1) is 17.0. The fraction of sp³-hybridized carbons (Fsp3) is 0.273. The van der Waals surface area contributed by atoms with Gasteiger partial charge in [0.05, 0.1) is 17.1 Å². The lowest BCUT2D eigenvalue weighted by atomic mass is 10.2. The molecule has 1 atom stereocenters. The third-order valence-corrected chi connectivity index (χ3v) is 5.71. The van der Waals surface area contributed by atoms with E-state index in [1.165, 1.54) is 17.7 Å². The van der Waals surface area contributed by atoms with E-state index in [0.29, 0.717) is 12.2 Å². The number of hydrogen-bond donors (Lipinski definition) is 1. The first-order valence-electron chi connectivity index (χ1n) is 9.53. The lowest BCUT2D eigenvalue weighted by Crippen LogP contribution is -2.32. The van der Waals surface area contributed by atoms with Crippen molar-refractivity contribution in [2.24, 2.45) is 7.05 Å². The highest BCUT2D eigenvalue weighted by atomic mass is 19.1. The number of carbonyl (C=O) groups excluding carboxylic acids is 1. The molecule has 1 amide bonds. The molecule has 0 saturated carbocycles. The first-order valence-corrected chi connectivity index (χ1v) is 9.53. The third kappa shape index (κ3) is 2.59. The number of nitrogens with one attached hydrogen (secondary N) is 1. The minimum absolute atomic E-state index is 0.0433. The fourth-order valence-electron chi connectivity index (χ4n) is 4.27. The van der Waals surface area contributed by atoms with Crippen LogP contribution in [0.25, 0.3) is 21.9 Å². The number of aromatic amines is 1. The molecule has 0 bridgehead atoms. The molecule has 5 rings (SSSR count). The van der Waals surface area contributed by atoms with Crippen molar-refractivity contribution in [1.29, 1.82) is 0 Å². The van der Waals surface area contributed by atoms with Crippen LogP contribution in [-0.4, -0.2) is 31.9 Å². The van der Waals surface area contributed by atoms with Gasteiger partial charge in [0.1, 0.15) is 17.3 Å². The van der Waals surface area contributed by atoms with E-state index in [0.717, 1.165) is 40.6 Å². The molecule has 1 N–H and O–H groups in total. The Labute approximate surface area is 161 Å². The van der Waals surface area contributed by atoms with E-state index in [9.17, 15) is 9.18 Å². The normalized spacial score (nSPS) is 17.1. The average Bonchev–Trinajstić information content (AvgIpc) is 3.37. The van der Waals surface area contributed by atoms with E-state index in [2.05, 4.69) is 11.1 Å². The maximum absolute atomic E-state index is 13.6. The number of nitrogens with zero attached hydrogens (tertiary/aromatic N) is 3. The number of aryl methyl sites for hydroxylation is 2. The van der Waals surface area contributed by atoms with Gasteiger partial charge in [-0.3, -0.25) is 4.79 Å². The number of carbonyl (C=O) groups is 1. The van der Waals surface area contributed by atoms with E-state index in [4.69, 9.17) is 4.98 Å². The second-order valence-electron chi connectivity index (χ2n) is 7.59. The topological polar surface area (TPSA) is 53.9 Å². The van der Waals surface area contributed by atoms with Crippen LogP contribution in [0.4, 0.5) is 4.39 Å². The van der Waals surface area contributed by atoms with Crippen molar-refractivity contribution >= 4 is 27.8 Å². The van der Waals surface area contributed by atoms with Crippen LogP contribution in [0, 0.1) is 12.7 Å². The Kier molecular flexibility index (Phi) is 3.75. The van der Waals surface area contributed by atoms with Gasteiger partial charge in [-0.05, 0) is 61.7 Å². The highest BCUT2D eigenvalue weighted by Gasteiger charge is 2.34. The number of halogens is 1. The summed E-state index contributed by atoms with van der Waals surface area (Å²) >= 11 is 0. The Morgan fingerprint density at radius 3 is 2.93 bits per heavy atom. The summed E-state index contributed by atoms with van der Waals surface area (Å²) < 4.78 is 15.4. The van der Waals surface area contributed by atoms with Gasteiger partial charge in [0.15, 0.2) is 0 Å². The standard InChI is InChI=1S/C22H21FN4O/c1-13-5-7-16-17(10-13)25-21(24-16)19-4-3-9-27(19)22(28)20-12-14-11-15(23)6-8-18(14)26(20)2/h5-8,10-12,19H,3-4,9H2,1-2H3,(H,24,25)/t19-/m0/s1. The quantitative estimate of drug-likeness (QED) is 0.561. The molecule has 3 heterocycles. The molecule has 2 aromatic heterocycles. The second-order valence-corrected chi connectivity index (χ2v) is 7.59. The molecule has 0 aliphatic carbocycles. The lowest BCUT2D eigenvalue weighted by Gasteiger charge is -2.23. The van der Waals surface area contributed by atoms with E-state index in [1.54, 1.807) is 12.1 Å². The van der Waals surface area contributed by atoms with Crippen molar-refractivity contribution in [1.82, 2.24) is 19.4 Å². The minimum Gasteiger partial charge on any atom is -0.340 e. The molecule has 1 aliphatic heterocycles. The predicted molar refractivity (Wildman–Crippen MR) is 107 cm³/mol. The zero-order valence-corrected chi connectivity index (χ0v) is 15.9. The predicted octanol–water partition coefficient (Wildman–Crippen LogP) is 4.48. The molecule has 28 heavy (non-hydrogen) atoms. The number of H-pyrrole nitrogens is 1. The highest BCUT2D eigenvalue weighted by molar-refractivity contribution is 5.99. The summed E-state index contributed by atoms with van der Waals surface area (Å²) in [4.78, 5) is 23.4. The smallest absolute Gasteiger partial charge is 0.271 e. The highest BCUT2D eigenvalue weighted by Crippen LogP contribution is 2.33. The van der Waals surface area contributed by atoms with E-state index in [1.807, 2.05) is 35.6 Å². The van der Waals surface area contributed by atoms with Crippen LogP contribution in [0.2, 0.25) is 0 Å². The van der Waals surface area contributed by atoms with Crippen molar-refractivity contribution in [2.45, 2.75) is 25.8 Å². The Balaban J connectivity index is 1.52. The van der Waals surface area contributed by atoms with Crippen LogP contribution < -0.4 is 0 Å². The van der Waals surface area contributed by atoms with Gasteiger partial charge in [-0.2, -0.15) is 0 Å². The molecular weight excluding hydrogens is 355 g/mol. The molecule has 4 aromatic rings. The molecular formula is C22H21FN4O. The van der Waals surface area contributed by atoms with Crippen molar-refractivity contribution in [3.8, 4) is 0 Å². The molecule has 0 spiro atoms. The zero-order chi connectivity index (χ0) is 19.4. The van der Waals surface area contributed by atoms with Crippen molar-refractivity contribution in [3.05, 3.63) is 65.4 Å². The van der Waals surface area contributed by atoms with Crippen LogP contribution in [0.5, 0.6) is 0 Å². The van der Waals surface area contributed by atoms with Gasteiger partial charge in [0.2, 0.25) is 0 Å². The van der Waals surface area contributed by atoms with E-state index < -0.39 is 0 Å². The van der Waals surface area contributed by atoms with Crippen LogP contribution in [-0.2, 0) is 7.05 Å². The molecule has 0 radical (unpaired) electrons. The largest absolute Gasteiger partial charge is 0.340 e. The van der Waals surface area contributed by atoms with Crippen LogP contribution in [0.1, 0.15) is 40.8 Å². The fourth-order valence-corrected chi connectivity index (χ4v) is 4.27. The van der Waals surface area contributed by atoms with Gasteiger partial charge in [-0.25, -0.2) is 9.37 Å². The number of aromatic nitrogens is 3. The van der Waals surface area contributed by atoms with E-state index in [-0.39, 0.29) is 17.8 Å². The number of benzene rings is 2. The maximum Gasteiger partial charge on any atom is 0.271 e. The number of rotatable bonds is 2. The second kappa shape index (κ2) is 6.19. The Morgan fingerprint density at radius 1 is 1.21 bits per heavy atom.